The standard InChI is InChI=1S/C12H21N3/c1-9(11-13-6-7-14-11)15-10-4-5-12(2,3)8-10/h6-7,9-10,15H,4-5,8H2,1-3H3,(H,13,14). The molecule has 2 unspecified atom stereocenters. The Morgan fingerprint density at radius 2 is 2.40 bits per heavy atom. The van der Waals surface area contributed by atoms with E-state index in [1.807, 2.05) is 12.4 Å². The number of H-pyrrole nitrogens is 1. The molecule has 84 valence electrons. The van der Waals surface area contributed by atoms with Gasteiger partial charge in [0.2, 0.25) is 0 Å². The molecule has 0 bridgehead atoms. The summed E-state index contributed by atoms with van der Waals surface area (Å²) in [4.78, 5) is 7.43. The maximum absolute atomic E-state index is 4.28. The minimum atomic E-state index is 0.332. The Morgan fingerprint density at radius 1 is 1.60 bits per heavy atom. The molecular formula is C12H21N3. The van der Waals surface area contributed by atoms with Gasteiger partial charge in [-0.15, -0.1) is 0 Å². The van der Waals surface area contributed by atoms with Gasteiger partial charge in [0.25, 0.3) is 0 Å². The minimum Gasteiger partial charge on any atom is -0.347 e. The van der Waals surface area contributed by atoms with Gasteiger partial charge in [-0.25, -0.2) is 4.98 Å². The van der Waals surface area contributed by atoms with Gasteiger partial charge in [0.15, 0.2) is 0 Å². The minimum absolute atomic E-state index is 0.332. The molecule has 0 saturated heterocycles. The molecular weight excluding hydrogens is 186 g/mol. The van der Waals surface area contributed by atoms with E-state index in [-0.39, 0.29) is 0 Å². The van der Waals surface area contributed by atoms with Gasteiger partial charge in [-0.3, -0.25) is 0 Å². The topological polar surface area (TPSA) is 40.7 Å². The molecule has 1 heterocycles. The summed E-state index contributed by atoms with van der Waals surface area (Å²) in [6.45, 7) is 6.88. The Bertz CT molecular complexity index is 303. The highest BCUT2D eigenvalue weighted by Gasteiger charge is 2.31. The lowest BCUT2D eigenvalue weighted by Crippen LogP contribution is -2.30. The molecule has 0 radical (unpaired) electrons. The van der Waals surface area contributed by atoms with E-state index in [0.717, 1.165) is 5.82 Å². The summed E-state index contributed by atoms with van der Waals surface area (Å²) in [5, 5.41) is 3.64. The third kappa shape index (κ3) is 2.59. The first-order valence-corrected chi connectivity index (χ1v) is 5.82. The van der Waals surface area contributed by atoms with E-state index in [0.29, 0.717) is 17.5 Å². The highest BCUT2D eigenvalue weighted by Crippen LogP contribution is 2.37. The summed E-state index contributed by atoms with van der Waals surface area (Å²) in [7, 11) is 0. The van der Waals surface area contributed by atoms with Crippen molar-refractivity contribution in [2.75, 3.05) is 0 Å². The third-order valence-electron chi connectivity index (χ3n) is 3.38. The van der Waals surface area contributed by atoms with Gasteiger partial charge in [-0.05, 0) is 31.6 Å². The van der Waals surface area contributed by atoms with E-state index < -0.39 is 0 Å². The van der Waals surface area contributed by atoms with E-state index in [2.05, 4.69) is 36.1 Å². The molecule has 2 rings (SSSR count). The first-order valence-electron chi connectivity index (χ1n) is 5.82. The maximum Gasteiger partial charge on any atom is 0.122 e. The van der Waals surface area contributed by atoms with Gasteiger partial charge in [-0.1, -0.05) is 13.8 Å². The van der Waals surface area contributed by atoms with Crippen LogP contribution in [0.5, 0.6) is 0 Å². The Labute approximate surface area is 91.7 Å². The summed E-state index contributed by atoms with van der Waals surface area (Å²) in [6, 6.07) is 0.985. The normalized spacial score (nSPS) is 26.7. The number of nitrogens with zero attached hydrogens (tertiary/aromatic N) is 1. The largest absolute Gasteiger partial charge is 0.347 e. The molecule has 15 heavy (non-hydrogen) atoms. The molecule has 0 amide bonds. The molecule has 2 atom stereocenters. The third-order valence-corrected chi connectivity index (χ3v) is 3.38. The molecule has 2 N–H and O–H groups in total. The van der Waals surface area contributed by atoms with Crippen LogP contribution in [0.15, 0.2) is 12.4 Å². The molecule has 3 heteroatoms. The van der Waals surface area contributed by atoms with Gasteiger partial charge in [-0.2, -0.15) is 0 Å². The summed E-state index contributed by atoms with van der Waals surface area (Å²) < 4.78 is 0. The highest BCUT2D eigenvalue weighted by atomic mass is 15.0. The van der Waals surface area contributed by atoms with Crippen LogP contribution < -0.4 is 5.32 Å². The van der Waals surface area contributed by atoms with E-state index in [4.69, 9.17) is 0 Å². The van der Waals surface area contributed by atoms with E-state index in [1.165, 1.54) is 19.3 Å². The maximum atomic E-state index is 4.28. The molecule has 0 aliphatic heterocycles. The van der Waals surface area contributed by atoms with E-state index in [1.54, 1.807) is 0 Å². The zero-order valence-corrected chi connectivity index (χ0v) is 9.88. The lowest BCUT2D eigenvalue weighted by Gasteiger charge is -2.20. The molecule has 1 aromatic rings. The van der Waals surface area contributed by atoms with Gasteiger partial charge in [0, 0.05) is 18.4 Å². The number of hydrogen-bond acceptors (Lipinski definition) is 2. The first kappa shape index (κ1) is 10.7. The van der Waals surface area contributed by atoms with Gasteiger partial charge in [0.1, 0.15) is 5.82 Å². The van der Waals surface area contributed by atoms with Crippen molar-refractivity contribution < 1.29 is 0 Å². The zero-order chi connectivity index (χ0) is 10.9. The van der Waals surface area contributed by atoms with Crippen molar-refractivity contribution in [3.63, 3.8) is 0 Å². The Balaban J connectivity index is 1.88. The van der Waals surface area contributed by atoms with Crippen molar-refractivity contribution in [2.45, 2.75) is 52.1 Å². The van der Waals surface area contributed by atoms with Gasteiger partial charge in [0.05, 0.1) is 6.04 Å². The van der Waals surface area contributed by atoms with Crippen LogP contribution in [-0.4, -0.2) is 16.0 Å². The first-order chi connectivity index (χ1) is 7.07. The smallest absolute Gasteiger partial charge is 0.122 e. The average molecular weight is 207 g/mol. The lowest BCUT2D eigenvalue weighted by molar-refractivity contribution is 0.354. The fraction of sp³-hybridized carbons (Fsp3) is 0.750. The Morgan fingerprint density at radius 3 is 2.93 bits per heavy atom. The van der Waals surface area contributed by atoms with Crippen LogP contribution in [-0.2, 0) is 0 Å². The fourth-order valence-corrected chi connectivity index (χ4v) is 2.53. The second-order valence-corrected chi connectivity index (χ2v) is 5.47. The number of aromatic nitrogens is 2. The van der Waals surface area contributed by atoms with E-state index >= 15 is 0 Å². The average Bonchev–Trinajstić information content (AvgIpc) is 2.74. The van der Waals surface area contributed by atoms with Crippen LogP contribution in [0.3, 0.4) is 0 Å². The molecule has 0 spiro atoms. The molecule has 1 fully saturated rings. The molecule has 3 nitrogen and oxygen atoms in total. The van der Waals surface area contributed by atoms with Crippen molar-refractivity contribution >= 4 is 0 Å². The van der Waals surface area contributed by atoms with Crippen LogP contribution in [0, 0.1) is 5.41 Å². The SMILES string of the molecule is CC(NC1CCC(C)(C)C1)c1ncc[nH]1. The van der Waals surface area contributed by atoms with Crippen LogP contribution in [0.25, 0.3) is 0 Å². The van der Waals surface area contributed by atoms with Crippen molar-refractivity contribution in [2.24, 2.45) is 5.41 Å². The van der Waals surface area contributed by atoms with Crippen LogP contribution in [0.4, 0.5) is 0 Å². The van der Waals surface area contributed by atoms with Gasteiger partial charge >= 0.3 is 0 Å². The summed E-state index contributed by atoms with van der Waals surface area (Å²) >= 11 is 0. The lowest BCUT2D eigenvalue weighted by atomic mass is 9.92. The Hall–Kier alpha value is -0.830. The molecule has 1 saturated carbocycles. The number of nitrogens with one attached hydrogen (secondary N) is 2. The highest BCUT2D eigenvalue weighted by molar-refractivity contribution is 4.96. The monoisotopic (exact) mass is 207 g/mol. The predicted molar refractivity (Wildman–Crippen MR) is 61.6 cm³/mol. The van der Waals surface area contributed by atoms with Crippen molar-refractivity contribution in [3.05, 3.63) is 18.2 Å². The molecule has 1 aliphatic carbocycles. The second kappa shape index (κ2) is 3.97. The van der Waals surface area contributed by atoms with Crippen LogP contribution in [0.1, 0.15) is 51.9 Å². The predicted octanol–water partition coefficient (Wildman–Crippen LogP) is 2.64. The van der Waals surface area contributed by atoms with Crippen molar-refractivity contribution in [1.29, 1.82) is 0 Å². The van der Waals surface area contributed by atoms with Gasteiger partial charge < -0.3 is 10.3 Å². The number of aromatic amines is 1. The van der Waals surface area contributed by atoms with Crippen molar-refractivity contribution in [1.82, 2.24) is 15.3 Å². The quantitative estimate of drug-likeness (QED) is 0.800. The molecule has 1 aliphatic rings. The summed E-state index contributed by atoms with van der Waals surface area (Å²) in [5.74, 6) is 1.04. The molecule has 1 aromatic heterocycles. The zero-order valence-electron chi connectivity index (χ0n) is 9.88. The fourth-order valence-electron chi connectivity index (χ4n) is 2.53. The van der Waals surface area contributed by atoms with Crippen LogP contribution in [0.2, 0.25) is 0 Å². The van der Waals surface area contributed by atoms with Crippen molar-refractivity contribution in [3.8, 4) is 0 Å². The second-order valence-electron chi connectivity index (χ2n) is 5.47. The van der Waals surface area contributed by atoms with Crippen LogP contribution >= 0.6 is 0 Å². The number of imidazole rings is 1. The number of rotatable bonds is 3. The summed E-state index contributed by atoms with van der Waals surface area (Å²) in [6.07, 6.45) is 7.59. The molecule has 0 aromatic carbocycles. The number of hydrogen-bond donors (Lipinski definition) is 2. The Kier molecular flexibility index (Phi) is 2.83. The summed E-state index contributed by atoms with van der Waals surface area (Å²) in [5.41, 5.74) is 0.514. The van der Waals surface area contributed by atoms with E-state index in [9.17, 15) is 0 Å².